The molecule has 4 heteroatoms. The maximum atomic E-state index is 10.2. The lowest BCUT2D eigenvalue weighted by Crippen LogP contribution is -2.30. The summed E-state index contributed by atoms with van der Waals surface area (Å²) in [4.78, 5) is 12.6. The van der Waals surface area contributed by atoms with Crippen LogP contribution in [0.2, 0.25) is 0 Å². The van der Waals surface area contributed by atoms with E-state index < -0.39 is 6.10 Å². The van der Waals surface area contributed by atoms with Crippen LogP contribution >= 0.6 is 0 Å². The van der Waals surface area contributed by atoms with Gasteiger partial charge in [0.1, 0.15) is 16.5 Å². The first-order valence-electron chi connectivity index (χ1n) is 2.08. The smallest absolute Gasteiger partial charge is 0.240 e. The minimum Gasteiger partial charge on any atom is -0.388 e. The van der Waals surface area contributed by atoms with Crippen molar-refractivity contribution >= 4 is 16.3 Å². The monoisotopic (exact) mass is 119 g/mol. The third-order valence-electron chi connectivity index (χ3n) is 0.626. The Morgan fingerprint density at radius 2 is 2.43 bits per heavy atom. The molecule has 0 fully saturated rings. The van der Waals surface area contributed by atoms with Gasteiger partial charge in [-0.1, -0.05) is 0 Å². The third kappa shape index (κ3) is 2.36. The molecule has 0 rings (SSSR count). The first-order chi connectivity index (χ1) is 3.18. The molecule has 0 aromatic heterocycles. The van der Waals surface area contributed by atoms with Gasteiger partial charge in [0.2, 0.25) is 5.91 Å². The van der Waals surface area contributed by atoms with E-state index in [1.165, 1.54) is 6.92 Å². The van der Waals surface area contributed by atoms with Crippen molar-refractivity contribution in [1.82, 2.24) is 4.98 Å². The maximum absolute atomic E-state index is 10.2. The zero-order valence-corrected chi connectivity index (χ0v) is 6.43. The lowest BCUT2D eigenvalue weighted by atomic mass is 10.4. The number of amides is 1. The van der Waals surface area contributed by atoms with Gasteiger partial charge in [-0.25, -0.2) is 0 Å². The standard InChI is InChI=1S/C3H9NO2Si/c1-2(5)3(6)4-7/h2,5H,1,7H3,(H,4,6). The van der Waals surface area contributed by atoms with Crippen molar-refractivity contribution in [2.45, 2.75) is 13.0 Å². The zero-order valence-electron chi connectivity index (χ0n) is 4.43. The van der Waals surface area contributed by atoms with Crippen molar-refractivity contribution in [2.75, 3.05) is 0 Å². The molecule has 0 heterocycles. The average molecular weight is 119 g/mol. The molecule has 42 valence electrons. The number of carbonyl (C=O) groups excluding carboxylic acids is 1. The summed E-state index contributed by atoms with van der Waals surface area (Å²) in [5.41, 5.74) is 0. The molecule has 0 saturated heterocycles. The van der Waals surface area contributed by atoms with Crippen molar-refractivity contribution in [2.24, 2.45) is 0 Å². The zero-order chi connectivity index (χ0) is 5.86. The summed E-state index contributed by atoms with van der Waals surface area (Å²) < 4.78 is 0. The predicted molar refractivity (Wildman–Crippen MR) is 29.8 cm³/mol. The number of rotatable bonds is 1. The predicted octanol–water partition coefficient (Wildman–Crippen LogP) is -2.24. The highest BCUT2D eigenvalue weighted by molar-refractivity contribution is 6.14. The molecule has 0 aliphatic carbocycles. The van der Waals surface area contributed by atoms with Crippen LogP contribution in [-0.4, -0.2) is 27.5 Å². The van der Waals surface area contributed by atoms with Crippen LogP contribution in [0.3, 0.4) is 0 Å². The molecule has 0 spiro atoms. The molecule has 2 N–H and O–H groups in total. The Balaban J connectivity index is 3.35. The molecule has 0 aromatic rings. The number of aliphatic hydroxyl groups excluding tert-OH is 1. The Morgan fingerprint density at radius 3 is 2.43 bits per heavy atom. The summed E-state index contributed by atoms with van der Waals surface area (Å²) in [7, 11) is 0.611. The Labute approximate surface area is 45.2 Å². The molecule has 1 atom stereocenters. The van der Waals surface area contributed by atoms with Gasteiger partial charge in [0.25, 0.3) is 0 Å². The van der Waals surface area contributed by atoms with Crippen LogP contribution in [0.4, 0.5) is 0 Å². The Bertz CT molecular complexity index is 73.3. The molecule has 0 radical (unpaired) electrons. The van der Waals surface area contributed by atoms with E-state index in [2.05, 4.69) is 4.98 Å². The summed E-state index contributed by atoms with van der Waals surface area (Å²) >= 11 is 0. The van der Waals surface area contributed by atoms with E-state index in [0.29, 0.717) is 10.4 Å². The van der Waals surface area contributed by atoms with Crippen LogP contribution in [0.1, 0.15) is 6.92 Å². The molecule has 7 heavy (non-hydrogen) atoms. The normalized spacial score (nSPS) is 13.4. The van der Waals surface area contributed by atoms with Gasteiger partial charge in [0.15, 0.2) is 0 Å². The second-order valence-electron chi connectivity index (χ2n) is 1.29. The van der Waals surface area contributed by atoms with E-state index in [1.807, 2.05) is 0 Å². The highest BCUT2D eigenvalue weighted by atomic mass is 28.2. The lowest BCUT2D eigenvalue weighted by molar-refractivity contribution is -0.126. The van der Waals surface area contributed by atoms with Gasteiger partial charge in [-0.3, -0.25) is 4.79 Å². The van der Waals surface area contributed by atoms with E-state index in [1.54, 1.807) is 0 Å². The third-order valence-corrected chi connectivity index (χ3v) is 1.12. The number of hydrogen-bond acceptors (Lipinski definition) is 2. The number of hydrogen-bond donors (Lipinski definition) is 2. The summed E-state index contributed by atoms with van der Waals surface area (Å²) in [6, 6.07) is 0. The van der Waals surface area contributed by atoms with Crippen LogP contribution in [0.15, 0.2) is 0 Å². The molecule has 1 unspecified atom stereocenters. The van der Waals surface area contributed by atoms with Gasteiger partial charge in [-0.05, 0) is 6.92 Å². The quantitative estimate of drug-likeness (QED) is 0.384. The van der Waals surface area contributed by atoms with Crippen LogP contribution in [0.5, 0.6) is 0 Å². The highest BCUT2D eigenvalue weighted by Gasteiger charge is 2.02. The minimum atomic E-state index is -0.850. The summed E-state index contributed by atoms with van der Waals surface area (Å²) in [5.74, 6) is -0.285. The molecule has 0 aromatic carbocycles. The molecule has 0 aliphatic heterocycles. The fraction of sp³-hybridized carbons (Fsp3) is 0.667. The second-order valence-corrected chi connectivity index (χ2v) is 1.79. The van der Waals surface area contributed by atoms with E-state index in [9.17, 15) is 4.79 Å². The maximum Gasteiger partial charge on any atom is 0.240 e. The van der Waals surface area contributed by atoms with E-state index in [-0.39, 0.29) is 5.91 Å². The molecular weight excluding hydrogens is 110 g/mol. The van der Waals surface area contributed by atoms with E-state index in [4.69, 9.17) is 5.11 Å². The minimum absolute atomic E-state index is 0.285. The van der Waals surface area contributed by atoms with Crippen LogP contribution in [-0.2, 0) is 4.79 Å². The average Bonchev–Trinajstić information content (AvgIpc) is 1.65. The molecule has 3 nitrogen and oxygen atoms in total. The first-order valence-corrected chi connectivity index (χ1v) is 3.08. The molecule has 1 amide bonds. The number of aliphatic hydroxyl groups is 1. The molecule has 0 aliphatic rings. The number of carbonyl (C=O) groups is 1. The van der Waals surface area contributed by atoms with Crippen molar-refractivity contribution in [3.05, 3.63) is 0 Å². The molecular formula is C3H9NO2Si. The summed E-state index contributed by atoms with van der Waals surface area (Å²) in [6.07, 6.45) is -0.850. The van der Waals surface area contributed by atoms with Gasteiger partial charge in [0, 0.05) is 0 Å². The highest BCUT2D eigenvalue weighted by Crippen LogP contribution is 1.73. The summed E-state index contributed by atoms with van der Waals surface area (Å²) in [6.45, 7) is 1.44. The van der Waals surface area contributed by atoms with E-state index >= 15 is 0 Å². The van der Waals surface area contributed by atoms with Gasteiger partial charge in [-0.15, -0.1) is 0 Å². The largest absolute Gasteiger partial charge is 0.388 e. The fourth-order valence-corrected chi connectivity index (χ4v) is 0.627. The van der Waals surface area contributed by atoms with Crippen molar-refractivity contribution < 1.29 is 9.90 Å². The fourth-order valence-electron chi connectivity index (χ4n) is 0.209. The summed E-state index contributed by atoms with van der Waals surface area (Å²) in [5, 5.41) is 8.43. The Morgan fingerprint density at radius 1 is 2.00 bits per heavy atom. The van der Waals surface area contributed by atoms with Gasteiger partial charge < -0.3 is 10.1 Å². The van der Waals surface area contributed by atoms with Crippen LogP contribution in [0, 0.1) is 0 Å². The SMILES string of the molecule is CC(O)C(=O)N[SiH3]. The van der Waals surface area contributed by atoms with Gasteiger partial charge >= 0.3 is 0 Å². The second kappa shape index (κ2) is 2.76. The topological polar surface area (TPSA) is 49.3 Å². The van der Waals surface area contributed by atoms with Crippen molar-refractivity contribution in [3.8, 4) is 0 Å². The number of nitrogens with one attached hydrogen (secondary N) is 1. The van der Waals surface area contributed by atoms with Gasteiger partial charge in [0.05, 0.1) is 0 Å². The van der Waals surface area contributed by atoms with Crippen LogP contribution < -0.4 is 4.98 Å². The van der Waals surface area contributed by atoms with Crippen molar-refractivity contribution in [1.29, 1.82) is 0 Å². The van der Waals surface area contributed by atoms with Gasteiger partial charge in [-0.2, -0.15) is 0 Å². The molecule has 0 bridgehead atoms. The lowest BCUT2D eigenvalue weighted by Gasteiger charge is -1.98. The van der Waals surface area contributed by atoms with Crippen molar-refractivity contribution in [3.63, 3.8) is 0 Å². The Kier molecular flexibility index (Phi) is 2.62. The molecule has 0 saturated carbocycles. The first kappa shape index (κ1) is 6.65. The van der Waals surface area contributed by atoms with E-state index in [0.717, 1.165) is 0 Å². The van der Waals surface area contributed by atoms with Crippen LogP contribution in [0.25, 0.3) is 0 Å². The Hall–Kier alpha value is -0.353.